The van der Waals surface area contributed by atoms with Crippen molar-refractivity contribution in [3.8, 4) is 0 Å². The van der Waals surface area contributed by atoms with Gasteiger partial charge >= 0.3 is 12.1 Å². The highest BCUT2D eigenvalue weighted by atomic mass is 79.9. The van der Waals surface area contributed by atoms with Crippen LogP contribution in [0.3, 0.4) is 0 Å². The molecule has 0 spiro atoms. The predicted octanol–water partition coefficient (Wildman–Crippen LogP) is 3.76. The maximum absolute atomic E-state index is 13.0. The number of halogens is 4. The molecule has 0 aliphatic heterocycles. The van der Waals surface area contributed by atoms with Gasteiger partial charge in [-0.1, -0.05) is 0 Å². The molecule has 0 fully saturated rings. The molecule has 1 amide bonds. The topological polar surface area (TPSA) is 112 Å². The van der Waals surface area contributed by atoms with Gasteiger partial charge in [0.05, 0.1) is 16.2 Å². The Morgan fingerprint density at radius 1 is 1.27 bits per heavy atom. The van der Waals surface area contributed by atoms with Gasteiger partial charge in [-0.15, -0.1) is 0 Å². The predicted molar refractivity (Wildman–Crippen MR) is 83.4 cm³/mol. The quantitative estimate of drug-likeness (QED) is 0.433. The molecule has 2 rings (SSSR count). The molecular weight excluding hydrogens is 429 g/mol. The SMILES string of the molecule is O=C(COC(=O)c1ccc(Br)o1)Nc1ccc([N+](=O)[O-])cc1C(F)(F)F. The van der Waals surface area contributed by atoms with Gasteiger partial charge in [0.15, 0.2) is 11.3 Å². The lowest BCUT2D eigenvalue weighted by Crippen LogP contribution is -2.22. The van der Waals surface area contributed by atoms with E-state index >= 15 is 0 Å². The number of nitrogens with one attached hydrogen (secondary N) is 1. The van der Waals surface area contributed by atoms with Crippen LogP contribution in [0, 0.1) is 10.1 Å². The molecule has 0 radical (unpaired) electrons. The second-order valence-electron chi connectivity index (χ2n) is 4.71. The lowest BCUT2D eigenvalue weighted by Gasteiger charge is -2.13. The molecule has 0 unspecified atom stereocenters. The van der Waals surface area contributed by atoms with Crippen LogP contribution in [0.5, 0.6) is 0 Å². The van der Waals surface area contributed by atoms with E-state index in [4.69, 9.17) is 4.42 Å². The number of ether oxygens (including phenoxy) is 1. The number of alkyl halides is 3. The smallest absolute Gasteiger partial charge is 0.418 e. The fourth-order valence-electron chi connectivity index (χ4n) is 1.80. The van der Waals surface area contributed by atoms with E-state index in [0.29, 0.717) is 6.07 Å². The van der Waals surface area contributed by atoms with Crippen LogP contribution in [0.2, 0.25) is 0 Å². The Morgan fingerprint density at radius 3 is 2.50 bits per heavy atom. The monoisotopic (exact) mass is 436 g/mol. The Labute approximate surface area is 151 Å². The number of esters is 1. The van der Waals surface area contributed by atoms with E-state index in [1.54, 1.807) is 0 Å². The zero-order valence-corrected chi connectivity index (χ0v) is 14.1. The molecule has 0 atom stereocenters. The average molecular weight is 437 g/mol. The van der Waals surface area contributed by atoms with Crippen LogP contribution in [0.15, 0.2) is 39.4 Å². The summed E-state index contributed by atoms with van der Waals surface area (Å²) >= 11 is 2.96. The van der Waals surface area contributed by atoms with E-state index in [1.165, 1.54) is 12.1 Å². The summed E-state index contributed by atoms with van der Waals surface area (Å²) in [5, 5.41) is 12.5. The first-order valence-electron chi connectivity index (χ1n) is 6.66. The highest BCUT2D eigenvalue weighted by Gasteiger charge is 2.35. The molecule has 1 heterocycles. The first-order chi connectivity index (χ1) is 12.1. The Bertz CT molecular complexity index is 865. The maximum Gasteiger partial charge on any atom is 0.418 e. The van der Waals surface area contributed by atoms with Gasteiger partial charge in [-0.25, -0.2) is 4.79 Å². The summed E-state index contributed by atoms with van der Waals surface area (Å²) in [6.45, 7) is -0.883. The molecule has 1 N–H and O–H groups in total. The van der Waals surface area contributed by atoms with Gasteiger partial charge in [0.2, 0.25) is 5.76 Å². The normalized spacial score (nSPS) is 11.1. The highest BCUT2D eigenvalue weighted by molar-refractivity contribution is 9.10. The minimum Gasteiger partial charge on any atom is -0.450 e. The third-order valence-corrected chi connectivity index (χ3v) is 3.33. The number of rotatable bonds is 5. The highest BCUT2D eigenvalue weighted by Crippen LogP contribution is 2.37. The van der Waals surface area contributed by atoms with Crippen molar-refractivity contribution in [1.29, 1.82) is 0 Å². The molecule has 26 heavy (non-hydrogen) atoms. The fourth-order valence-corrected chi connectivity index (χ4v) is 2.11. The number of hydrogen-bond donors (Lipinski definition) is 1. The zero-order chi connectivity index (χ0) is 19.5. The largest absolute Gasteiger partial charge is 0.450 e. The van der Waals surface area contributed by atoms with Crippen molar-refractivity contribution in [2.24, 2.45) is 0 Å². The Hall–Kier alpha value is -2.89. The average Bonchev–Trinajstić information content (AvgIpc) is 2.98. The molecule has 1 aromatic heterocycles. The molecule has 0 saturated carbocycles. The molecular formula is C14H8BrF3N2O6. The summed E-state index contributed by atoms with van der Waals surface area (Å²) in [6, 6.07) is 4.51. The van der Waals surface area contributed by atoms with Crippen LogP contribution in [0.25, 0.3) is 0 Å². The van der Waals surface area contributed by atoms with Gasteiger partial charge in [-0.2, -0.15) is 13.2 Å². The number of non-ortho nitro benzene ring substituents is 1. The van der Waals surface area contributed by atoms with Crippen molar-refractivity contribution >= 4 is 39.2 Å². The number of carbonyl (C=O) groups excluding carboxylic acids is 2. The Kier molecular flexibility index (Phi) is 5.65. The number of nitro benzene ring substituents is 1. The third kappa shape index (κ3) is 4.81. The molecule has 8 nitrogen and oxygen atoms in total. The van der Waals surface area contributed by atoms with E-state index in [9.17, 15) is 32.9 Å². The molecule has 0 bridgehead atoms. The second kappa shape index (κ2) is 7.56. The summed E-state index contributed by atoms with van der Waals surface area (Å²) in [7, 11) is 0. The molecule has 138 valence electrons. The van der Waals surface area contributed by atoms with Crippen LogP contribution in [-0.2, 0) is 15.7 Å². The van der Waals surface area contributed by atoms with Crippen LogP contribution in [0.1, 0.15) is 16.1 Å². The number of carbonyl (C=O) groups is 2. The Morgan fingerprint density at radius 2 is 1.96 bits per heavy atom. The van der Waals surface area contributed by atoms with E-state index in [-0.39, 0.29) is 10.4 Å². The van der Waals surface area contributed by atoms with Crippen molar-refractivity contribution in [3.63, 3.8) is 0 Å². The molecule has 2 aromatic rings. The van der Waals surface area contributed by atoms with Gasteiger partial charge in [0.1, 0.15) is 0 Å². The molecule has 0 saturated heterocycles. The minimum atomic E-state index is -4.94. The summed E-state index contributed by atoms with van der Waals surface area (Å²) in [6.07, 6.45) is -4.94. The van der Waals surface area contributed by atoms with Crippen molar-refractivity contribution in [2.75, 3.05) is 11.9 Å². The van der Waals surface area contributed by atoms with Crippen molar-refractivity contribution in [2.45, 2.75) is 6.18 Å². The number of benzene rings is 1. The van der Waals surface area contributed by atoms with Gasteiger partial charge < -0.3 is 14.5 Å². The first kappa shape index (κ1) is 19.4. The van der Waals surface area contributed by atoms with Crippen molar-refractivity contribution < 1.29 is 36.8 Å². The van der Waals surface area contributed by atoms with Gasteiger partial charge in [-0.05, 0) is 34.1 Å². The summed E-state index contributed by atoms with van der Waals surface area (Å²) in [4.78, 5) is 32.9. The third-order valence-electron chi connectivity index (χ3n) is 2.90. The second-order valence-corrected chi connectivity index (χ2v) is 5.49. The van der Waals surface area contributed by atoms with Crippen LogP contribution in [0.4, 0.5) is 24.5 Å². The fraction of sp³-hybridized carbons (Fsp3) is 0.143. The maximum atomic E-state index is 13.0. The van der Waals surface area contributed by atoms with Gasteiger partial charge in [0, 0.05) is 12.1 Å². The van der Waals surface area contributed by atoms with Crippen LogP contribution >= 0.6 is 15.9 Å². The number of nitro groups is 1. The zero-order valence-electron chi connectivity index (χ0n) is 12.5. The van der Waals surface area contributed by atoms with Gasteiger partial charge in [0.25, 0.3) is 11.6 Å². The number of furan rings is 1. The lowest BCUT2D eigenvalue weighted by molar-refractivity contribution is -0.385. The van der Waals surface area contributed by atoms with E-state index in [1.807, 2.05) is 5.32 Å². The van der Waals surface area contributed by atoms with Crippen LogP contribution in [-0.4, -0.2) is 23.4 Å². The van der Waals surface area contributed by atoms with Gasteiger partial charge in [-0.3, -0.25) is 14.9 Å². The lowest BCUT2D eigenvalue weighted by atomic mass is 10.1. The van der Waals surface area contributed by atoms with E-state index in [2.05, 4.69) is 20.7 Å². The van der Waals surface area contributed by atoms with Crippen molar-refractivity contribution in [3.05, 3.63) is 56.4 Å². The van der Waals surface area contributed by atoms with E-state index < -0.39 is 46.5 Å². The molecule has 0 aliphatic carbocycles. The summed E-state index contributed by atoms with van der Waals surface area (Å²) in [5.74, 6) is -2.27. The number of amides is 1. The first-order valence-corrected chi connectivity index (χ1v) is 7.45. The van der Waals surface area contributed by atoms with Crippen LogP contribution < -0.4 is 5.32 Å². The number of nitrogens with zero attached hydrogens (tertiary/aromatic N) is 1. The van der Waals surface area contributed by atoms with E-state index in [0.717, 1.165) is 12.1 Å². The number of anilines is 1. The Balaban J connectivity index is 2.08. The standard InChI is InChI=1S/C14H8BrF3N2O6/c15-11-4-3-10(26-11)13(22)25-6-12(21)19-9-2-1-7(20(23)24)5-8(9)14(16,17)18/h1-5H,6H2,(H,19,21). The number of hydrogen-bond acceptors (Lipinski definition) is 6. The summed E-state index contributed by atoms with van der Waals surface area (Å²) in [5.41, 5.74) is -2.89. The summed E-state index contributed by atoms with van der Waals surface area (Å²) < 4.78 is 48.8. The van der Waals surface area contributed by atoms with Crippen molar-refractivity contribution in [1.82, 2.24) is 0 Å². The molecule has 1 aromatic carbocycles. The molecule has 12 heteroatoms. The molecule has 0 aliphatic rings. The minimum absolute atomic E-state index is 0.212.